The van der Waals surface area contributed by atoms with Crippen molar-refractivity contribution < 1.29 is 13.6 Å². The minimum atomic E-state index is -0.649. The van der Waals surface area contributed by atoms with E-state index in [9.17, 15) is 13.6 Å². The van der Waals surface area contributed by atoms with E-state index >= 15 is 0 Å². The van der Waals surface area contributed by atoms with Crippen molar-refractivity contribution in [1.82, 2.24) is 4.90 Å². The highest BCUT2D eigenvalue weighted by Gasteiger charge is 2.26. The van der Waals surface area contributed by atoms with Crippen molar-refractivity contribution in [1.29, 1.82) is 0 Å². The van der Waals surface area contributed by atoms with Crippen LogP contribution in [0.25, 0.3) is 0 Å². The van der Waals surface area contributed by atoms with Crippen LogP contribution in [0.15, 0.2) is 18.2 Å². The molecule has 110 valence electrons. The van der Waals surface area contributed by atoms with Crippen LogP contribution >= 0.6 is 15.9 Å². The molecular formula is C15H18BrF2NO. The van der Waals surface area contributed by atoms with Gasteiger partial charge in [-0.1, -0.05) is 34.8 Å². The van der Waals surface area contributed by atoms with Gasteiger partial charge < -0.3 is 4.90 Å². The number of likely N-dealkylation sites (tertiary alicyclic amines) is 1. The fraction of sp³-hybridized carbons (Fsp3) is 0.533. The third kappa shape index (κ3) is 3.57. The lowest BCUT2D eigenvalue weighted by Gasteiger charge is -2.29. The first-order chi connectivity index (χ1) is 9.63. The quantitative estimate of drug-likeness (QED) is 0.765. The molecule has 1 aliphatic rings. The van der Waals surface area contributed by atoms with Crippen molar-refractivity contribution in [3.63, 3.8) is 0 Å². The average Bonchev–Trinajstić information content (AvgIpc) is 2.68. The maximum Gasteiger partial charge on any atom is 0.227 e. The van der Waals surface area contributed by atoms with E-state index in [4.69, 9.17) is 0 Å². The molecule has 1 fully saturated rings. The van der Waals surface area contributed by atoms with Crippen LogP contribution in [0.1, 0.15) is 31.2 Å². The molecule has 0 saturated carbocycles. The maximum absolute atomic E-state index is 13.6. The van der Waals surface area contributed by atoms with E-state index in [-0.39, 0.29) is 23.9 Å². The molecule has 1 aromatic carbocycles. The van der Waals surface area contributed by atoms with E-state index < -0.39 is 11.6 Å². The zero-order valence-electron chi connectivity index (χ0n) is 11.2. The van der Waals surface area contributed by atoms with Gasteiger partial charge in [-0.3, -0.25) is 4.79 Å². The van der Waals surface area contributed by atoms with Gasteiger partial charge in [-0.25, -0.2) is 8.78 Å². The predicted octanol–water partition coefficient (Wildman–Crippen LogP) is 3.67. The van der Waals surface area contributed by atoms with Gasteiger partial charge in [-0.15, -0.1) is 0 Å². The third-order valence-corrected chi connectivity index (χ3v) is 4.51. The van der Waals surface area contributed by atoms with Gasteiger partial charge >= 0.3 is 0 Å². The predicted molar refractivity (Wildman–Crippen MR) is 77.8 cm³/mol. The summed E-state index contributed by atoms with van der Waals surface area (Å²) in [6, 6.07) is 3.82. The largest absolute Gasteiger partial charge is 0.339 e. The number of carbonyl (C=O) groups is 1. The first-order valence-electron chi connectivity index (χ1n) is 6.92. The summed E-state index contributed by atoms with van der Waals surface area (Å²) in [6.07, 6.45) is 3.88. The van der Waals surface area contributed by atoms with E-state index in [1.165, 1.54) is 18.2 Å². The highest BCUT2D eigenvalue weighted by molar-refractivity contribution is 9.09. The van der Waals surface area contributed by atoms with Crippen LogP contribution in [-0.4, -0.2) is 28.7 Å². The molecule has 1 saturated heterocycles. The zero-order chi connectivity index (χ0) is 14.5. The van der Waals surface area contributed by atoms with Gasteiger partial charge in [0.2, 0.25) is 5.91 Å². The number of hydrogen-bond acceptors (Lipinski definition) is 1. The molecule has 1 heterocycles. The van der Waals surface area contributed by atoms with Crippen molar-refractivity contribution in [3.05, 3.63) is 35.4 Å². The van der Waals surface area contributed by atoms with Gasteiger partial charge in [-0.05, 0) is 25.0 Å². The summed E-state index contributed by atoms with van der Waals surface area (Å²) >= 11 is 3.43. The number of amides is 1. The van der Waals surface area contributed by atoms with Crippen LogP contribution in [0.5, 0.6) is 0 Å². The normalized spacial score (nSPS) is 19.8. The Kier molecular flexibility index (Phi) is 5.52. The van der Waals surface area contributed by atoms with Crippen LogP contribution in [0.4, 0.5) is 8.78 Å². The molecule has 0 N–H and O–H groups in total. The van der Waals surface area contributed by atoms with Gasteiger partial charge in [0.05, 0.1) is 6.42 Å². The van der Waals surface area contributed by atoms with Crippen LogP contribution < -0.4 is 0 Å². The molecule has 1 unspecified atom stereocenters. The molecule has 5 heteroatoms. The van der Waals surface area contributed by atoms with Gasteiger partial charge in [0, 0.05) is 23.5 Å². The lowest BCUT2D eigenvalue weighted by atomic mass is 10.1. The maximum atomic E-state index is 13.6. The number of alkyl halides is 1. The van der Waals surface area contributed by atoms with Crippen LogP contribution in [0.3, 0.4) is 0 Å². The fourth-order valence-electron chi connectivity index (χ4n) is 2.62. The fourth-order valence-corrected chi connectivity index (χ4v) is 3.29. The molecule has 1 atom stereocenters. The third-order valence-electron chi connectivity index (χ3n) is 3.77. The Hall–Kier alpha value is -0.970. The number of rotatable bonds is 3. The second kappa shape index (κ2) is 7.16. The van der Waals surface area contributed by atoms with Gasteiger partial charge in [0.25, 0.3) is 0 Å². The average molecular weight is 346 g/mol. The van der Waals surface area contributed by atoms with Crippen molar-refractivity contribution in [2.24, 2.45) is 0 Å². The summed E-state index contributed by atoms with van der Waals surface area (Å²) in [7, 11) is 0. The second-order valence-electron chi connectivity index (χ2n) is 5.12. The monoisotopic (exact) mass is 345 g/mol. The molecule has 20 heavy (non-hydrogen) atoms. The Morgan fingerprint density at radius 2 is 1.95 bits per heavy atom. The molecule has 2 nitrogen and oxygen atoms in total. The summed E-state index contributed by atoms with van der Waals surface area (Å²) in [5.41, 5.74) is -0.130. The highest BCUT2D eigenvalue weighted by atomic mass is 79.9. The van der Waals surface area contributed by atoms with Crippen molar-refractivity contribution >= 4 is 21.8 Å². The van der Waals surface area contributed by atoms with E-state index in [0.29, 0.717) is 11.9 Å². The van der Waals surface area contributed by atoms with Crippen molar-refractivity contribution in [2.45, 2.75) is 38.1 Å². The van der Waals surface area contributed by atoms with E-state index in [1.54, 1.807) is 4.90 Å². The number of carbonyl (C=O) groups excluding carboxylic acids is 1. The minimum Gasteiger partial charge on any atom is -0.339 e. The number of halogens is 3. The zero-order valence-corrected chi connectivity index (χ0v) is 12.8. The number of benzene rings is 1. The van der Waals surface area contributed by atoms with Crippen LogP contribution in [-0.2, 0) is 11.2 Å². The molecule has 1 amide bonds. The Labute approximate surface area is 126 Å². The minimum absolute atomic E-state index is 0.125. The molecule has 1 aliphatic heterocycles. The lowest BCUT2D eigenvalue weighted by Crippen LogP contribution is -2.42. The Bertz CT molecular complexity index is 461. The molecule has 0 spiro atoms. The number of nitrogens with zero attached hydrogens (tertiary/aromatic N) is 1. The van der Waals surface area contributed by atoms with Gasteiger partial charge in [0.15, 0.2) is 0 Å². The first-order valence-corrected chi connectivity index (χ1v) is 8.04. The molecule has 0 bridgehead atoms. The van der Waals surface area contributed by atoms with Crippen LogP contribution in [0.2, 0.25) is 0 Å². The summed E-state index contributed by atoms with van der Waals surface area (Å²) in [4.78, 5) is 14.1. The van der Waals surface area contributed by atoms with Crippen molar-refractivity contribution in [3.8, 4) is 0 Å². The molecule has 0 radical (unpaired) electrons. The smallest absolute Gasteiger partial charge is 0.227 e. The van der Waals surface area contributed by atoms with E-state index in [1.807, 2.05) is 0 Å². The standard InChI is InChI=1S/C15H18BrF2NO/c16-10-11-5-2-1-3-8-19(11)15(20)9-12-13(17)6-4-7-14(12)18/h4,6-7,11H,1-3,5,8-10H2. The highest BCUT2D eigenvalue weighted by Crippen LogP contribution is 2.21. The Balaban J connectivity index is 2.13. The topological polar surface area (TPSA) is 20.3 Å². The molecule has 1 aromatic rings. The van der Waals surface area contributed by atoms with Crippen LogP contribution in [0, 0.1) is 11.6 Å². The summed E-state index contributed by atoms with van der Waals surface area (Å²) < 4.78 is 27.2. The van der Waals surface area contributed by atoms with E-state index in [2.05, 4.69) is 15.9 Å². The SMILES string of the molecule is O=C(Cc1c(F)cccc1F)N1CCCCCC1CBr. The molecule has 0 aliphatic carbocycles. The second-order valence-corrected chi connectivity index (χ2v) is 5.77. The lowest BCUT2D eigenvalue weighted by molar-refractivity contribution is -0.132. The summed E-state index contributed by atoms with van der Waals surface area (Å²) in [6.45, 7) is 0.672. The summed E-state index contributed by atoms with van der Waals surface area (Å²) in [5.74, 6) is -1.49. The molecule has 0 aromatic heterocycles. The molecular weight excluding hydrogens is 328 g/mol. The molecule has 2 rings (SSSR count). The summed E-state index contributed by atoms with van der Waals surface area (Å²) in [5, 5.41) is 0.707. The van der Waals surface area contributed by atoms with Crippen molar-refractivity contribution in [2.75, 3.05) is 11.9 Å². The van der Waals surface area contributed by atoms with E-state index in [0.717, 1.165) is 25.7 Å². The van der Waals surface area contributed by atoms with Gasteiger partial charge in [-0.2, -0.15) is 0 Å². The first kappa shape index (κ1) is 15.4. The van der Waals surface area contributed by atoms with Gasteiger partial charge in [0.1, 0.15) is 11.6 Å². The Morgan fingerprint density at radius 1 is 1.25 bits per heavy atom. The Morgan fingerprint density at radius 3 is 2.60 bits per heavy atom. The number of hydrogen-bond donors (Lipinski definition) is 0.